The number of halogens is 1. The number of guanidine groups is 1. The van der Waals surface area contributed by atoms with Crippen molar-refractivity contribution in [3.05, 3.63) is 15.6 Å². The molecule has 0 aliphatic carbocycles. The summed E-state index contributed by atoms with van der Waals surface area (Å²) in [4.78, 5) is 21.2. The molecule has 1 aromatic heterocycles. The van der Waals surface area contributed by atoms with Gasteiger partial charge in [-0.1, -0.05) is 0 Å². The maximum Gasteiger partial charge on any atom is 0.350 e. The van der Waals surface area contributed by atoms with Gasteiger partial charge in [0, 0.05) is 27.3 Å². The third-order valence-electron chi connectivity index (χ3n) is 3.41. The number of thiazole rings is 1. The van der Waals surface area contributed by atoms with Crippen molar-refractivity contribution < 1.29 is 19.0 Å². The third-order valence-corrected chi connectivity index (χ3v) is 4.73. The van der Waals surface area contributed by atoms with Gasteiger partial charge < -0.3 is 24.8 Å². The molecule has 10 heteroatoms. The highest BCUT2D eigenvalue weighted by molar-refractivity contribution is 14.0. The lowest BCUT2D eigenvalue weighted by molar-refractivity contribution is 0.0531. The van der Waals surface area contributed by atoms with Crippen LogP contribution in [-0.4, -0.2) is 64.0 Å². The number of carbonyl (C=O) groups excluding carboxylic acids is 1. The first kappa shape index (κ1) is 26.0. The molecule has 0 aromatic carbocycles. The van der Waals surface area contributed by atoms with Gasteiger partial charge in [0.2, 0.25) is 0 Å². The summed E-state index contributed by atoms with van der Waals surface area (Å²) >= 11 is 1.34. The average Bonchev–Trinajstić information content (AvgIpc) is 3.02. The van der Waals surface area contributed by atoms with Crippen molar-refractivity contribution in [2.45, 2.75) is 33.2 Å². The zero-order valence-corrected chi connectivity index (χ0v) is 19.8. The van der Waals surface area contributed by atoms with Crippen molar-refractivity contribution in [3.8, 4) is 0 Å². The van der Waals surface area contributed by atoms with E-state index in [4.69, 9.17) is 14.2 Å². The van der Waals surface area contributed by atoms with Crippen molar-refractivity contribution >= 4 is 47.2 Å². The van der Waals surface area contributed by atoms with Crippen molar-refractivity contribution in [3.63, 3.8) is 0 Å². The number of aryl methyl sites for hydroxylation is 1. The van der Waals surface area contributed by atoms with Crippen molar-refractivity contribution in [1.29, 1.82) is 0 Å². The molecule has 1 atom stereocenters. The summed E-state index contributed by atoms with van der Waals surface area (Å²) in [7, 11) is 3.37. The Labute approximate surface area is 182 Å². The minimum absolute atomic E-state index is 0. The van der Waals surface area contributed by atoms with Crippen LogP contribution in [0.25, 0.3) is 0 Å². The Balaban J connectivity index is 0.00000676. The fraction of sp³-hybridized carbons (Fsp3) is 0.706. The largest absolute Gasteiger partial charge is 0.462 e. The minimum atomic E-state index is -0.322. The van der Waals surface area contributed by atoms with Crippen LogP contribution in [-0.2, 0) is 14.2 Å². The van der Waals surface area contributed by atoms with E-state index in [9.17, 15) is 4.79 Å². The maximum atomic E-state index is 11.9. The topological polar surface area (TPSA) is 94.1 Å². The molecule has 0 fully saturated rings. The number of aliphatic imine (C=N–C) groups is 1. The molecule has 8 nitrogen and oxygen atoms in total. The monoisotopic (exact) mass is 514 g/mol. The van der Waals surface area contributed by atoms with Crippen LogP contribution < -0.4 is 10.6 Å². The number of aromatic nitrogens is 1. The summed E-state index contributed by atoms with van der Waals surface area (Å²) in [5.41, 5.74) is 0.688. The molecule has 1 aromatic rings. The quantitative estimate of drug-likeness (QED) is 0.154. The van der Waals surface area contributed by atoms with Gasteiger partial charge in [-0.05, 0) is 27.2 Å². The van der Waals surface area contributed by atoms with Gasteiger partial charge in [0.25, 0.3) is 0 Å². The molecule has 1 heterocycles. The van der Waals surface area contributed by atoms with Crippen molar-refractivity contribution in [2.24, 2.45) is 4.99 Å². The van der Waals surface area contributed by atoms with Gasteiger partial charge in [-0.2, -0.15) is 0 Å². The molecule has 1 unspecified atom stereocenters. The van der Waals surface area contributed by atoms with Crippen LogP contribution in [0.15, 0.2) is 4.99 Å². The molecule has 1 rings (SSSR count). The number of methoxy groups -OCH3 is 1. The summed E-state index contributed by atoms with van der Waals surface area (Å²) in [6.07, 6.45) is 0.863. The molecule has 156 valence electrons. The Morgan fingerprint density at radius 1 is 1.33 bits per heavy atom. The number of hydrogen-bond acceptors (Lipinski definition) is 7. The third kappa shape index (κ3) is 9.67. The first-order chi connectivity index (χ1) is 12.5. The number of hydrogen-bond donors (Lipinski definition) is 2. The van der Waals surface area contributed by atoms with Gasteiger partial charge in [0.05, 0.1) is 31.6 Å². The van der Waals surface area contributed by atoms with E-state index in [1.165, 1.54) is 11.3 Å². The van der Waals surface area contributed by atoms with Crippen LogP contribution in [0.4, 0.5) is 0 Å². The summed E-state index contributed by atoms with van der Waals surface area (Å²) in [5.74, 6) is 0.358. The molecule has 0 radical (unpaired) electrons. The molecule has 0 saturated carbocycles. The fourth-order valence-electron chi connectivity index (χ4n) is 2.08. The van der Waals surface area contributed by atoms with Gasteiger partial charge >= 0.3 is 5.97 Å². The second-order valence-corrected chi connectivity index (χ2v) is 6.54. The maximum absolute atomic E-state index is 11.9. The summed E-state index contributed by atoms with van der Waals surface area (Å²) in [6.45, 7) is 8.55. The number of ether oxygens (including phenoxy) is 3. The Morgan fingerprint density at radius 3 is 2.70 bits per heavy atom. The average molecular weight is 514 g/mol. The Kier molecular flexibility index (Phi) is 14.5. The summed E-state index contributed by atoms with van der Waals surface area (Å²) in [5, 5.41) is 7.33. The van der Waals surface area contributed by atoms with Gasteiger partial charge in [-0.25, -0.2) is 9.78 Å². The van der Waals surface area contributed by atoms with Crippen LogP contribution >= 0.6 is 35.3 Å². The zero-order valence-electron chi connectivity index (χ0n) is 16.7. The van der Waals surface area contributed by atoms with E-state index in [1.807, 2.05) is 13.8 Å². The standard InChI is InChI=1S/C17H30N4O4S.HI/c1-6-25-16(22)14-12(2)20-15(26-14)13(3)21-17(18-4)19-8-7-9-24-11-10-23-5;/h13H,6-11H2,1-5H3,(H2,18,19,21);1H. The molecule has 0 saturated heterocycles. The Hall–Kier alpha value is -0.980. The lowest BCUT2D eigenvalue weighted by atomic mass is 10.3. The van der Waals surface area contributed by atoms with E-state index in [-0.39, 0.29) is 36.0 Å². The number of esters is 1. The first-order valence-electron chi connectivity index (χ1n) is 8.71. The van der Waals surface area contributed by atoms with Crippen LogP contribution in [0.3, 0.4) is 0 Å². The molecular formula is C17H31IN4O4S. The van der Waals surface area contributed by atoms with Crippen molar-refractivity contribution in [1.82, 2.24) is 15.6 Å². The molecule has 27 heavy (non-hydrogen) atoms. The number of nitrogens with zero attached hydrogens (tertiary/aromatic N) is 2. The van der Waals surface area contributed by atoms with E-state index in [2.05, 4.69) is 20.6 Å². The number of rotatable bonds is 11. The van der Waals surface area contributed by atoms with E-state index in [0.29, 0.717) is 43.0 Å². The number of nitrogens with one attached hydrogen (secondary N) is 2. The summed E-state index contributed by atoms with van der Waals surface area (Å²) < 4.78 is 15.4. The van der Waals surface area contributed by atoms with Crippen LogP contribution in [0, 0.1) is 6.92 Å². The normalized spacial score (nSPS) is 12.3. The molecule has 0 spiro atoms. The fourth-order valence-corrected chi connectivity index (χ4v) is 3.04. The summed E-state index contributed by atoms with van der Waals surface area (Å²) in [6, 6.07) is -0.0778. The molecule has 0 amide bonds. The second kappa shape index (κ2) is 15.0. The second-order valence-electron chi connectivity index (χ2n) is 5.51. The van der Waals surface area contributed by atoms with Gasteiger partial charge in [0.1, 0.15) is 9.88 Å². The molecule has 0 aliphatic heterocycles. The van der Waals surface area contributed by atoms with E-state index in [0.717, 1.165) is 18.0 Å². The highest BCUT2D eigenvalue weighted by Gasteiger charge is 2.19. The highest BCUT2D eigenvalue weighted by Crippen LogP contribution is 2.24. The van der Waals surface area contributed by atoms with Gasteiger partial charge in [0.15, 0.2) is 5.96 Å². The smallest absolute Gasteiger partial charge is 0.350 e. The molecular weight excluding hydrogens is 483 g/mol. The van der Waals surface area contributed by atoms with Crippen LogP contribution in [0.2, 0.25) is 0 Å². The van der Waals surface area contributed by atoms with Crippen LogP contribution in [0.1, 0.15) is 46.7 Å². The van der Waals surface area contributed by atoms with E-state index in [1.54, 1.807) is 21.1 Å². The van der Waals surface area contributed by atoms with E-state index >= 15 is 0 Å². The molecule has 2 N–H and O–H groups in total. The van der Waals surface area contributed by atoms with Gasteiger partial charge in [-0.3, -0.25) is 4.99 Å². The highest BCUT2D eigenvalue weighted by atomic mass is 127. The lowest BCUT2D eigenvalue weighted by Gasteiger charge is -2.16. The molecule has 0 bridgehead atoms. The lowest BCUT2D eigenvalue weighted by Crippen LogP contribution is -2.39. The van der Waals surface area contributed by atoms with Crippen molar-refractivity contribution in [2.75, 3.05) is 47.1 Å². The predicted molar refractivity (Wildman–Crippen MR) is 118 cm³/mol. The Morgan fingerprint density at radius 2 is 2.07 bits per heavy atom. The predicted octanol–water partition coefficient (Wildman–Crippen LogP) is 2.53. The van der Waals surface area contributed by atoms with Gasteiger partial charge in [-0.15, -0.1) is 35.3 Å². The number of carbonyl (C=O) groups is 1. The molecule has 0 aliphatic rings. The van der Waals surface area contributed by atoms with E-state index < -0.39 is 0 Å². The minimum Gasteiger partial charge on any atom is -0.462 e. The SMILES string of the molecule is CCOC(=O)c1sc(C(C)NC(=NC)NCCCOCCOC)nc1C.I. The Bertz CT molecular complexity index is 583. The first-order valence-corrected chi connectivity index (χ1v) is 9.53. The zero-order chi connectivity index (χ0) is 19.4. The van der Waals surface area contributed by atoms with Crippen LogP contribution in [0.5, 0.6) is 0 Å².